The van der Waals surface area contributed by atoms with Gasteiger partial charge in [0.05, 0.1) is 23.6 Å². The number of hydrogen-bond donors (Lipinski definition) is 2. The van der Waals surface area contributed by atoms with Crippen LogP contribution in [0.1, 0.15) is 68.8 Å². The highest BCUT2D eigenvalue weighted by molar-refractivity contribution is 5.74. The summed E-state index contributed by atoms with van der Waals surface area (Å²) in [5.41, 5.74) is 5.81. The third-order valence-electron chi connectivity index (χ3n) is 9.65. The summed E-state index contributed by atoms with van der Waals surface area (Å²) in [5.74, 6) is 0.183. The fourth-order valence-electron chi connectivity index (χ4n) is 7.31. The molecule has 2 N–H and O–H groups in total. The molecule has 2 heterocycles. The fourth-order valence-corrected chi connectivity index (χ4v) is 7.31. The Kier molecular flexibility index (Phi) is 7.49. The molecule has 3 aliphatic rings. The third kappa shape index (κ3) is 5.19. The van der Waals surface area contributed by atoms with Crippen LogP contribution in [0.5, 0.6) is 0 Å². The van der Waals surface area contributed by atoms with E-state index < -0.39 is 0 Å². The summed E-state index contributed by atoms with van der Waals surface area (Å²) in [5, 5.41) is 11.2. The Morgan fingerprint density at radius 1 is 1.15 bits per heavy atom. The highest BCUT2D eigenvalue weighted by atomic mass is 19.1. The van der Waals surface area contributed by atoms with Gasteiger partial charge in [0.15, 0.2) is 0 Å². The highest BCUT2D eigenvalue weighted by Crippen LogP contribution is 2.55. The van der Waals surface area contributed by atoms with E-state index in [1.54, 1.807) is 12.1 Å². The number of likely N-dealkylation sites (tertiary alicyclic amines) is 1. The van der Waals surface area contributed by atoms with Crippen molar-refractivity contribution in [1.29, 1.82) is 0 Å². The van der Waals surface area contributed by atoms with Gasteiger partial charge in [0.2, 0.25) is 0 Å². The van der Waals surface area contributed by atoms with E-state index in [4.69, 9.17) is 0 Å². The van der Waals surface area contributed by atoms with Gasteiger partial charge in [-0.3, -0.25) is 4.90 Å². The minimum absolute atomic E-state index is 0.0142. The van der Waals surface area contributed by atoms with Crippen molar-refractivity contribution in [1.82, 2.24) is 25.3 Å². The number of fused-ring (bicyclic) bond motifs is 2. The number of urea groups is 1. The molecule has 210 valence electrons. The van der Waals surface area contributed by atoms with Crippen LogP contribution in [-0.4, -0.2) is 46.4 Å². The van der Waals surface area contributed by atoms with Crippen LogP contribution in [0.25, 0.3) is 11.8 Å². The van der Waals surface area contributed by atoms with Gasteiger partial charge in [-0.1, -0.05) is 49.8 Å². The van der Waals surface area contributed by atoms with E-state index in [-0.39, 0.29) is 23.3 Å². The first-order valence-corrected chi connectivity index (χ1v) is 14.8. The second-order valence-corrected chi connectivity index (χ2v) is 11.9. The van der Waals surface area contributed by atoms with Crippen molar-refractivity contribution in [3.8, 4) is 5.69 Å². The van der Waals surface area contributed by atoms with Crippen molar-refractivity contribution in [2.24, 2.45) is 11.3 Å². The predicted molar refractivity (Wildman–Crippen MR) is 157 cm³/mol. The molecule has 7 heteroatoms. The van der Waals surface area contributed by atoms with Gasteiger partial charge in [0, 0.05) is 12.6 Å². The lowest BCUT2D eigenvalue weighted by atomic mass is 9.68. The number of halogens is 1. The maximum atomic E-state index is 13.5. The number of aromatic nitrogens is 2. The molecular formula is C33H40FN5O. The number of amides is 2. The number of carbonyl (C=O) groups excluding carboxylic acids is 1. The molecule has 1 saturated heterocycles. The standard InChI is InChI=1S/C33H40FN5O/c1-3-38-17-7-10-29(38)22-35-32(40)37-30(23-8-5-4-6-9-23)18-25-11-12-26-19-31-24(20-33(25,26)2)21-36-39(31)28-15-13-27(34)14-16-28/h4-6,8-9,13-16,19,21,25,29-30H,3,7,10-12,17-18,20,22H2,1-2H3,(H2,35,37,40). The molecule has 0 spiro atoms. The number of carbonyl (C=O) groups is 1. The number of allylic oxidation sites excluding steroid dienone is 1. The molecule has 3 aromatic rings. The van der Waals surface area contributed by atoms with Crippen LogP contribution in [0.2, 0.25) is 0 Å². The molecule has 0 bridgehead atoms. The third-order valence-corrected chi connectivity index (χ3v) is 9.65. The van der Waals surface area contributed by atoms with Gasteiger partial charge in [-0.15, -0.1) is 0 Å². The second-order valence-electron chi connectivity index (χ2n) is 11.9. The van der Waals surface area contributed by atoms with Crippen LogP contribution in [0.4, 0.5) is 9.18 Å². The molecule has 2 aliphatic carbocycles. The van der Waals surface area contributed by atoms with E-state index >= 15 is 0 Å². The Balaban J connectivity index is 1.18. The Labute approximate surface area is 236 Å². The Bertz CT molecular complexity index is 1370. The van der Waals surface area contributed by atoms with Crippen LogP contribution >= 0.6 is 0 Å². The summed E-state index contributed by atoms with van der Waals surface area (Å²) >= 11 is 0. The minimum atomic E-state index is -0.244. The summed E-state index contributed by atoms with van der Waals surface area (Å²) in [6.07, 6.45) is 10.6. The minimum Gasteiger partial charge on any atom is -0.337 e. The fraction of sp³-hybridized carbons (Fsp3) is 0.455. The predicted octanol–water partition coefficient (Wildman–Crippen LogP) is 6.28. The Morgan fingerprint density at radius 2 is 1.95 bits per heavy atom. The first-order valence-electron chi connectivity index (χ1n) is 14.8. The second kappa shape index (κ2) is 11.2. The Hall–Kier alpha value is -3.45. The molecule has 1 aliphatic heterocycles. The molecule has 6 rings (SSSR count). The van der Waals surface area contributed by atoms with E-state index in [0.29, 0.717) is 18.5 Å². The average molecular weight is 542 g/mol. The molecule has 2 aromatic carbocycles. The van der Waals surface area contributed by atoms with E-state index in [1.165, 1.54) is 29.7 Å². The maximum Gasteiger partial charge on any atom is 0.315 e. The number of benzene rings is 2. The van der Waals surface area contributed by atoms with Gasteiger partial charge in [0.1, 0.15) is 5.82 Å². The van der Waals surface area contributed by atoms with Gasteiger partial charge in [-0.05, 0) is 104 Å². The summed E-state index contributed by atoms with van der Waals surface area (Å²) < 4.78 is 15.4. The van der Waals surface area contributed by atoms with E-state index in [9.17, 15) is 9.18 Å². The SMILES string of the molecule is CCN1CCCC1CNC(=O)NC(CC1CCC2=Cc3c(cnn3-c3ccc(F)cc3)CC21C)c1ccccc1. The number of hydrogen-bond acceptors (Lipinski definition) is 3. The summed E-state index contributed by atoms with van der Waals surface area (Å²) in [6.45, 7) is 7.42. The zero-order valence-corrected chi connectivity index (χ0v) is 23.6. The van der Waals surface area contributed by atoms with E-state index in [1.807, 2.05) is 16.9 Å². The zero-order valence-electron chi connectivity index (χ0n) is 23.6. The molecule has 4 unspecified atom stereocenters. The normalized spacial score (nSPS) is 24.7. The van der Waals surface area contributed by atoms with Crippen LogP contribution in [0, 0.1) is 17.2 Å². The first-order chi connectivity index (χ1) is 19.4. The summed E-state index contributed by atoms with van der Waals surface area (Å²) in [6, 6.07) is 17.2. The molecular weight excluding hydrogens is 501 g/mol. The van der Waals surface area contributed by atoms with Crippen molar-refractivity contribution in [2.75, 3.05) is 19.6 Å². The van der Waals surface area contributed by atoms with E-state index in [2.05, 4.69) is 64.8 Å². The lowest BCUT2D eigenvalue weighted by Gasteiger charge is -2.37. The van der Waals surface area contributed by atoms with Crippen molar-refractivity contribution >= 4 is 12.1 Å². The number of likely N-dealkylation sites (N-methyl/N-ethyl adjacent to an activating group) is 1. The molecule has 4 atom stereocenters. The maximum absolute atomic E-state index is 13.5. The molecule has 0 radical (unpaired) electrons. The lowest BCUT2D eigenvalue weighted by Crippen LogP contribution is -2.45. The van der Waals surface area contributed by atoms with Gasteiger partial charge in [-0.25, -0.2) is 13.9 Å². The van der Waals surface area contributed by atoms with Crippen molar-refractivity contribution < 1.29 is 9.18 Å². The van der Waals surface area contributed by atoms with Crippen molar-refractivity contribution in [3.05, 3.63) is 89.0 Å². The molecule has 40 heavy (non-hydrogen) atoms. The molecule has 6 nitrogen and oxygen atoms in total. The van der Waals surface area contributed by atoms with Gasteiger partial charge < -0.3 is 10.6 Å². The van der Waals surface area contributed by atoms with Crippen molar-refractivity contribution in [2.45, 2.75) is 64.5 Å². The smallest absolute Gasteiger partial charge is 0.315 e. The average Bonchev–Trinajstić information content (AvgIpc) is 3.68. The molecule has 1 saturated carbocycles. The van der Waals surface area contributed by atoms with Crippen molar-refractivity contribution in [3.63, 3.8) is 0 Å². The van der Waals surface area contributed by atoms with E-state index in [0.717, 1.165) is 62.1 Å². The van der Waals surface area contributed by atoms with Gasteiger partial charge in [0.25, 0.3) is 0 Å². The quantitative estimate of drug-likeness (QED) is 0.353. The van der Waals surface area contributed by atoms with Gasteiger partial charge >= 0.3 is 6.03 Å². The van der Waals surface area contributed by atoms with Crippen LogP contribution in [-0.2, 0) is 6.42 Å². The van der Waals surface area contributed by atoms with Gasteiger partial charge in [-0.2, -0.15) is 5.10 Å². The van der Waals surface area contributed by atoms with Crippen LogP contribution in [0.3, 0.4) is 0 Å². The molecule has 1 aromatic heterocycles. The number of rotatable bonds is 8. The van der Waals surface area contributed by atoms with Crippen LogP contribution in [0.15, 0.2) is 66.4 Å². The van der Waals surface area contributed by atoms with Crippen LogP contribution < -0.4 is 10.6 Å². The monoisotopic (exact) mass is 541 g/mol. The topological polar surface area (TPSA) is 62.2 Å². The summed E-state index contributed by atoms with van der Waals surface area (Å²) in [7, 11) is 0. The first kappa shape index (κ1) is 26.8. The molecule has 2 fully saturated rings. The Morgan fingerprint density at radius 3 is 2.73 bits per heavy atom. The number of nitrogens with one attached hydrogen (secondary N) is 2. The molecule has 2 amide bonds. The largest absolute Gasteiger partial charge is 0.337 e. The summed E-state index contributed by atoms with van der Waals surface area (Å²) in [4.78, 5) is 15.6. The lowest BCUT2D eigenvalue weighted by molar-refractivity contribution is 0.211. The highest BCUT2D eigenvalue weighted by Gasteiger charge is 2.46. The number of nitrogens with zero attached hydrogens (tertiary/aromatic N) is 3. The zero-order chi connectivity index (χ0) is 27.7.